The maximum absolute atomic E-state index is 12.4. The fourth-order valence-electron chi connectivity index (χ4n) is 2.08. The molecule has 0 saturated carbocycles. The molecule has 0 spiro atoms. The first kappa shape index (κ1) is 23.5. The number of aromatic nitrogens is 1. The van der Waals surface area contributed by atoms with E-state index in [-0.39, 0.29) is 36.4 Å². The number of thiophene rings is 1. The lowest BCUT2D eigenvalue weighted by Crippen LogP contribution is -2.36. The summed E-state index contributed by atoms with van der Waals surface area (Å²) in [5.74, 6) is 0.518. The van der Waals surface area contributed by atoms with Crippen LogP contribution in [-0.2, 0) is 13.1 Å². The van der Waals surface area contributed by atoms with E-state index >= 15 is 0 Å². The van der Waals surface area contributed by atoms with Gasteiger partial charge in [-0.15, -0.1) is 35.3 Å². The van der Waals surface area contributed by atoms with Crippen LogP contribution < -0.4 is 15.4 Å². The van der Waals surface area contributed by atoms with Crippen LogP contribution >= 0.6 is 35.3 Å². The van der Waals surface area contributed by atoms with Gasteiger partial charge in [0.05, 0.1) is 13.1 Å². The number of guanidine groups is 1. The second-order valence-electron chi connectivity index (χ2n) is 5.45. The predicted molar refractivity (Wildman–Crippen MR) is 112 cm³/mol. The smallest absolute Gasteiger partial charge is 0.422 e. The van der Waals surface area contributed by atoms with Crippen molar-refractivity contribution in [3.8, 4) is 5.88 Å². The average molecular weight is 514 g/mol. The van der Waals surface area contributed by atoms with Crippen LogP contribution in [0.25, 0.3) is 0 Å². The van der Waals surface area contributed by atoms with Gasteiger partial charge >= 0.3 is 6.18 Å². The van der Waals surface area contributed by atoms with Crippen LogP contribution in [0.15, 0.2) is 34.8 Å². The number of alkyl halides is 3. The van der Waals surface area contributed by atoms with Crippen molar-refractivity contribution in [2.24, 2.45) is 4.99 Å². The first-order valence-corrected chi connectivity index (χ1v) is 8.95. The van der Waals surface area contributed by atoms with Crippen molar-refractivity contribution in [3.05, 3.63) is 45.8 Å². The van der Waals surface area contributed by atoms with Gasteiger partial charge in [-0.25, -0.2) is 9.98 Å². The van der Waals surface area contributed by atoms with Crippen LogP contribution in [0.5, 0.6) is 5.88 Å². The molecule has 2 N–H and O–H groups in total. The van der Waals surface area contributed by atoms with E-state index < -0.39 is 12.8 Å². The Labute approximate surface area is 177 Å². The molecule has 2 aromatic heterocycles. The third-order valence-electron chi connectivity index (χ3n) is 3.36. The monoisotopic (exact) mass is 514 g/mol. The summed E-state index contributed by atoms with van der Waals surface area (Å²) in [6.07, 6.45) is -3.02. The molecule has 2 aromatic rings. The maximum atomic E-state index is 12.4. The van der Waals surface area contributed by atoms with Crippen molar-refractivity contribution in [2.45, 2.75) is 33.1 Å². The van der Waals surface area contributed by atoms with E-state index in [0.717, 1.165) is 0 Å². The molecular formula is C17H22F3IN4OS. The molecule has 0 aliphatic carbocycles. The average Bonchev–Trinajstić information content (AvgIpc) is 3.00. The topological polar surface area (TPSA) is 58.5 Å². The van der Waals surface area contributed by atoms with Gasteiger partial charge in [-0.05, 0) is 36.9 Å². The van der Waals surface area contributed by atoms with E-state index in [2.05, 4.69) is 20.6 Å². The third kappa shape index (κ3) is 8.33. The summed E-state index contributed by atoms with van der Waals surface area (Å²) < 4.78 is 41.9. The van der Waals surface area contributed by atoms with Crippen LogP contribution in [0.3, 0.4) is 0 Å². The number of rotatable bonds is 7. The molecule has 0 unspecified atom stereocenters. The highest BCUT2D eigenvalue weighted by Crippen LogP contribution is 2.20. The SMILES string of the molecule is CCNC(=NCc1cccnc1OCC(F)(F)F)NCc1sccc1C.I. The Morgan fingerprint density at radius 1 is 1.30 bits per heavy atom. The van der Waals surface area contributed by atoms with Crippen molar-refractivity contribution in [2.75, 3.05) is 13.2 Å². The summed E-state index contributed by atoms with van der Waals surface area (Å²) in [5, 5.41) is 8.35. The normalized spacial score (nSPS) is 11.7. The Balaban J connectivity index is 0.00000364. The zero-order chi connectivity index (χ0) is 19.0. The van der Waals surface area contributed by atoms with Gasteiger partial charge in [0, 0.05) is 23.2 Å². The summed E-state index contributed by atoms with van der Waals surface area (Å²) >= 11 is 1.65. The highest BCUT2D eigenvalue weighted by Gasteiger charge is 2.29. The van der Waals surface area contributed by atoms with E-state index in [1.807, 2.05) is 25.3 Å². The number of aryl methyl sites for hydroxylation is 1. The summed E-state index contributed by atoms with van der Waals surface area (Å²) in [7, 11) is 0. The van der Waals surface area contributed by atoms with Gasteiger partial charge < -0.3 is 15.4 Å². The minimum atomic E-state index is -4.41. The van der Waals surface area contributed by atoms with Crippen LogP contribution in [-0.4, -0.2) is 30.3 Å². The zero-order valence-electron chi connectivity index (χ0n) is 15.0. The van der Waals surface area contributed by atoms with Gasteiger partial charge in [0.2, 0.25) is 5.88 Å². The number of ether oxygens (including phenoxy) is 1. The largest absolute Gasteiger partial charge is 0.468 e. The lowest BCUT2D eigenvalue weighted by atomic mass is 10.3. The number of nitrogens with one attached hydrogen (secondary N) is 2. The van der Waals surface area contributed by atoms with Crippen molar-refractivity contribution >= 4 is 41.3 Å². The number of aliphatic imine (C=N–C) groups is 1. The molecule has 2 heterocycles. The molecule has 0 aliphatic heterocycles. The fraction of sp³-hybridized carbons (Fsp3) is 0.412. The fourth-order valence-corrected chi connectivity index (χ4v) is 2.93. The Morgan fingerprint density at radius 2 is 2.07 bits per heavy atom. The molecule has 0 aromatic carbocycles. The van der Waals surface area contributed by atoms with Crippen LogP contribution in [0, 0.1) is 6.92 Å². The number of pyridine rings is 1. The van der Waals surface area contributed by atoms with Crippen molar-refractivity contribution in [1.29, 1.82) is 0 Å². The number of nitrogens with zero attached hydrogens (tertiary/aromatic N) is 2. The minimum absolute atomic E-state index is 0. The maximum Gasteiger partial charge on any atom is 0.422 e. The Kier molecular flexibility index (Phi) is 9.84. The molecule has 0 radical (unpaired) electrons. The quantitative estimate of drug-likeness (QED) is 0.330. The Bertz CT molecular complexity index is 737. The molecule has 0 bridgehead atoms. The van der Waals surface area contributed by atoms with E-state index in [1.54, 1.807) is 23.5 Å². The van der Waals surface area contributed by atoms with Crippen LogP contribution in [0.1, 0.15) is 22.9 Å². The highest BCUT2D eigenvalue weighted by molar-refractivity contribution is 14.0. The molecule has 5 nitrogen and oxygen atoms in total. The van der Waals surface area contributed by atoms with Crippen LogP contribution in [0.4, 0.5) is 13.2 Å². The molecule has 0 atom stereocenters. The number of hydrogen-bond acceptors (Lipinski definition) is 4. The van der Waals surface area contributed by atoms with Crippen LogP contribution in [0.2, 0.25) is 0 Å². The van der Waals surface area contributed by atoms with Crippen molar-refractivity contribution in [1.82, 2.24) is 15.6 Å². The minimum Gasteiger partial charge on any atom is -0.468 e. The molecule has 0 amide bonds. The van der Waals surface area contributed by atoms with Gasteiger partial charge in [-0.1, -0.05) is 6.07 Å². The summed E-state index contributed by atoms with van der Waals surface area (Å²) in [6, 6.07) is 5.33. The standard InChI is InChI=1S/C17H21F3N4OS.HI/c1-3-21-16(24-10-14-12(2)6-8-26-14)23-9-13-5-4-7-22-15(13)25-11-17(18,19)20;/h4-8H,3,9-11H2,1-2H3,(H2,21,23,24);1H. The van der Waals surface area contributed by atoms with Crippen molar-refractivity contribution in [3.63, 3.8) is 0 Å². The first-order valence-electron chi connectivity index (χ1n) is 8.07. The molecule has 10 heteroatoms. The molecule has 0 saturated heterocycles. The van der Waals surface area contributed by atoms with Gasteiger partial charge in [0.25, 0.3) is 0 Å². The lowest BCUT2D eigenvalue weighted by molar-refractivity contribution is -0.154. The molecule has 0 fully saturated rings. The molecule has 2 rings (SSSR count). The first-order chi connectivity index (χ1) is 12.4. The second-order valence-corrected chi connectivity index (χ2v) is 6.45. The predicted octanol–water partition coefficient (Wildman–Crippen LogP) is 4.27. The zero-order valence-corrected chi connectivity index (χ0v) is 18.1. The second kappa shape index (κ2) is 11.3. The van der Waals surface area contributed by atoms with Gasteiger partial charge in [0.1, 0.15) is 0 Å². The van der Waals surface area contributed by atoms with E-state index in [0.29, 0.717) is 24.6 Å². The van der Waals surface area contributed by atoms with Gasteiger partial charge in [-0.2, -0.15) is 13.2 Å². The third-order valence-corrected chi connectivity index (χ3v) is 4.38. The highest BCUT2D eigenvalue weighted by atomic mass is 127. The molecule has 150 valence electrons. The van der Waals surface area contributed by atoms with Gasteiger partial charge in [-0.3, -0.25) is 0 Å². The van der Waals surface area contributed by atoms with E-state index in [9.17, 15) is 13.2 Å². The molecule has 0 aliphatic rings. The molecule has 27 heavy (non-hydrogen) atoms. The van der Waals surface area contributed by atoms with Crippen molar-refractivity contribution < 1.29 is 17.9 Å². The van der Waals surface area contributed by atoms with Gasteiger partial charge in [0.15, 0.2) is 12.6 Å². The van der Waals surface area contributed by atoms with E-state index in [4.69, 9.17) is 4.74 Å². The Hall–Kier alpha value is -1.56. The van der Waals surface area contributed by atoms with E-state index in [1.165, 1.54) is 16.6 Å². The summed E-state index contributed by atoms with van der Waals surface area (Å²) in [5.41, 5.74) is 1.69. The molecular weight excluding hydrogens is 492 g/mol. The number of halogens is 4. The lowest BCUT2D eigenvalue weighted by Gasteiger charge is -2.13. The Morgan fingerprint density at radius 3 is 2.70 bits per heavy atom. The number of hydrogen-bond donors (Lipinski definition) is 2. The summed E-state index contributed by atoms with van der Waals surface area (Å²) in [6.45, 7) is 4.04. The summed E-state index contributed by atoms with van der Waals surface area (Å²) in [4.78, 5) is 9.49.